The Morgan fingerprint density at radius 3 is 2.69 bits per heavy atom. The van der Waals surface area contributed by atoms with Gasteiger partial charge in [0.25, 0.3) is 0 Å². The molecule has 1 aliphatic carbocycles. The summed E-state index contributed by atoms with van der Waals surface area (Å²) >= 11 is 0. The van der Waals surface area contributed by atoms with Gasteiger partial charge in [0.1, 0.15) is 5.82 Å². The molecule has 0 atom stereocenters. The molecule has 1 fully saturated rings. The molecule has 0 spiro atoms. The van der Waals surface area contributed by atoms with Gasteiger partial charge >= 0.3 is 7.12 Å². The van der Waals surface area contributed by atoms with Gasteiger partial charge in [0, 0.05) is 5.46 Å². The minimum absolute atomic E-state index is 0.102. The fraction of sp³-hybridized carbons (Fsp3) is 0.455. The second-order valence-electron chi connectivity index (χ2n) is 4.09. The quantitative estimate of drug-likeness (QED) is 0.735. The molecule has 5 heteroatoms. The lowest BCUT2D eigenvalue weighted by Gasteiger charge is -2.25. The summed E-state index contributed by atoms with van der Waals surface area (Å²) in [4.78, 5) is 0. The third kappa shape index (κ3) is 2.61. The summed E-state index contributed by atoms with van der Waals surface area (Å²) in [5.41, 5.74) is 0.658. The van der Waals surface area contributed by atoms with Crippen LogP contribution >= 0.6 is 0 Å². The van der Waals surface area contributed by atoms with Crippen molar-refractivity contribution in [3.8, 4) is 0 Å². The Morgan fingerprint density at radius 2 is 2.12 bits per heavy atom. The van der Waals surface area contributed by atoms with Crippen molar-refractivity contribution < 1.29 is 19.2 Å². The van der Waals surface area contributed by atoms with Crippen LogP contribution in [0.25, 0.3) is 0 Å². The molecular formula is C11H14BFO3. The fourth-order valence-electron chi connectivity index (χ4n) is 1.63. The van der Waals surface area contributed by atoms with Crippen LogP contribution in [0.1, 0.15) is 24.8 Å². The smallest absolute Gasteiger partial charge is 0.423 e. The van der Waals surface area contributed by atoms with Crippen LogP contribution in [0.15, 0.2) is 18.2 Å². The van der Waals surface area contributed by atoms with E-state index >= 15 is 0 Å². The zero-order valence-electron chi connectivity index (χ0n) is 8.90. The standard InChI is InChI=1S/C11H14BFO3/c13-11-5-4-8(6-10(11)12(14)15)7-16-9-2-1-3-9/h4-6,9,14-15H,1-3,7H2. The highest BCUT2D eigenvalue weighted by molar-refractivity contribution is 6.58. The largest absolute Gasteiger partial charge is 0.491 e. The highest BCUT2D eigenvalue weighted by Crippen LogP contribution is 2.22. The maximum Gasteiger partial charge on any atom is 0.491 e. The molecule has 0 saturated heterocycles. The second-order valence-corrected chi connectivity index (χ2v) is 4.09. The predicted molar refractivity (Wildman–Crippen MR) is 58.7 cm³/mol. The summed E-state index contributed by atoms with van der Waals surface area (Å²) in [7, 11) is -1.77. The van der Waals surface area contributed by atoms with E-state index in [-0.39, 0.29) is 5.46 Å². The van der Waals surface area contributed by atoms with E-state index in [1.807, 2.05) is 0 Å². The minimum Gasteiger partial charge on any atom is -0.423 e. The maximum absolute atomic E-state index is 13.1. The van der Waals surface area contributed by atoms with Crippen molar-refractivity contribution in [2.45, 2.75) is 32.0 Å². The van der Waals surface area contributed by atoms with Crippen molar-refractivity contribution in [1.29, 1.82) is 0 Å². The lowest BCUT2D eigenvalue weighted by molar-refractivity contribution is -0.00865. The lowest BCUT2D eigenvalue weighted by Crippen LogP contribution is -2.33. The van der Waals surface area contributed by atoms with Gasteiger partial charge in [0.2, 0.25) is 0 Å². The molecule has 1 aromatic carbocycles. The zero-order chi connectivity index (χ0) is 11.5. The third-order valence-electron chi connectivity index (χ3n) is 2.88. The predicted octanol–water partition coefficient (Wildman–Crippen LogP) is 0.575. The van der Waals surface area contributed by atoms with Gasteiger partial charge in [0.05, 0.1) is 12.7 Å². The number of rotatable bonds is 4. The van der Waals surface area contributed by atoms with Gasteiger partial charge in [-0.25, -0.2) is 4.39 Å². The first-order valence-corrected chi connectivity index (χ1v) is 5.43. The van der Waals surface area contributed by atoms with Crippen LogP contribution in [-0.4, -0.2) is 23.3 Å². The van der Waals surface area contributed by atoms with Gasteiger partial charge in [-0.05, 0) is 30.9 Å². The second kappa shape index (κ2) is 4.95. The molecule has 0 aromatic heterocycles. The van der Waals surface area contributed by atoms with E-state index in [4.69, 9.17) is 14.8 Å². The molecule has 0 aliphatic heterocycles. The number of hydrogen-bond donors (Lipinski definition) is 2. The van der Waals surface area contributed by atoms with Crippen LogP contribution in [0.3, 0.4) is 0 Å². The van der Waals surface area contributed by atoms with E-state index in [0.717, 1.165) is 18.4 Å². The lowest BCUT2D eigenvalue weighted by atomic mass is 9.79. The number of halogens is 1. The highest BCUT2D eigenvalue weighted by Gasteiger charge is 2.19. The molecule has 0 radical (unpaired) electrons. The Kier molecular flexibility index (Phi) is 3.58. The van der Waals surface area contributed by atoms with E-state index < -0.39 is 12.9 Å². The average molecular weight is 224 g/mol. The number of hydrogen-bond acceptors (Lipinski definition) is 3. The first kappa shape index (κ1) is 11.6. The molecule has 0 heterocycles. The van der Waals surface area contributed by atoms with E-state index in [0.29, 0.717) is 12.7 Å². The fourth-order valence-corrected chi connectivity index (χ4v) is 1.63. The van der Waals surface area contributed by atoms with Crippen molar-refractivity contribution >= 4 is 12.6 Å². The molecule has 0 unspecified atom stereocenters. The monoisotopic (exact) mass is 224 g/mol. The SMILES string of the molecule is OB(O)c1cc(COC2CCC2)ccc1F. The van der Waals surface area contributed by atoms with Crippen molar-refractivity contribution in [3.05, 3.63) is 29.6 Å². The van der Waals surface area contributed by atoms with Crippen LogP contribution in [0.4, 0.5) is 4.39 Å². The summed E-state index contributed by atoms with van der Waals surface area (Å²) in [5, 5.41) is 17.9. The van der Waals surface area contributed by atoms with Gasteiger partial charge in [-0.15, -0.1) is 0 Å². The van der Waals surface area contributed by atoms with Gasteiger partial charge in [-0.3, -0.25) is 0 Å². The molecule has 0 bridgehead atoms. The van der Waals surface area contributed by atoms with Crippen LogP contribution in [0.5, 0.6) is 0 Å². The van der Waals surface area contributed by atoms with Gasteiger partial charge in [0.15, 0.2) is 0 Å². The van der Waals surface area contributed by atoms with E-state index in [2.05, 4.69) is 0 Å². The van der Waals surface area contributed by atoms with Crippen molar-refractivity contribution in [1.82, 2.24) is 0 Å². The van der Waals surface area contributed by atoms with E-state index in [1.54, 1.807) is 6.07 Å². The Hall–Kier alpha value is -0.905. The summed E-state index contributed by atoms with van der Waals surface area (Å²) in [5.74, 6) is -0.609. The molecular weight excluding hydrogens is 210 g/mol. The summed E-state index contributed by atoms with van der Waals surface area (Å²) in [6, 6.07) is 4.26. The topological polar surface area (TPSA) is 49.7 Å². The molecule has 1 aromatic rings. The van der Waals surface area contributed by atoms with Gasteiger partial charge < -0.3 is 14.8 Å². The number of ether oxygens (including phenoxy) is 1. The van der Waals surface area contributed by atoms with Crippen LogP contribution in [-0.2, 0) is 11.3 Å². The molecule has 2 N–H and O–H groups in total. The molecule has 3 nitrogen and oxygen atoms in total. The molecule has 1 aliphatic rings. The molecule has 16 heavy (non-hydrogen) atoms. The van der Waals surface area contributed by atoms with Gasteiger partial charge in [-0.2, -0.15) is 0 Å². The molecule has 1 saturated carbocycles. The Balaban J connectivity index is 2.00. The normalized spacial score (nSPS) is 15.9. The van der Waals surface area contributed by atoms with Crippen LogP contribution in [0, 0.1) is 5.82 Å². The van der Waals surface area contributed by atoms with E-state index in [9.17, 15) is 4.39 Å². The summed E-state index contributed by atoms with van der Waals surface area (Å²) in [6.45, 7) is 0.394. The van der Waals surface area contributed by atoms with Crippen LogP contribution in [0.2, 0.25) is 0 Å². The van der Waals surface area contributed by atoms with Crippen molar-refractivity contribution in [3.63, 3.8) is 0 Å². The Morgan fingerprint density at radius 1 is 1.38 bits per heavy atom. The van der Waals surface area contributed by atoms with Crippen molar-refractivity contribution in [2.24, 2.45) is 0 Å². The average Bonchev–Trinajstić information content (AvgIpc) is 2.17. The maximum atomic E-state index is 13.1. The minimum atomic E-state index is -1.77. The first-order chi connectivity index (χ1) is 7.66. The van der Waals surface area contributed by atoms with Gasteiger partial charge in [-0.1, -0.05) is 12.1 Å². The molecule has 86 valence electrons. The highest BCUT2D eigenvalue weighted by atomic mass is 19.1. The summed E-state index contributed by atoms with van der Waals surface area (Å²) < 4.78 is 18.7. The number of benzene rings is 1. The van der Waals surface area contributed by atoms with Crippen molar-refractivity contribution in [2.75, 3.05) is 0 Å². The van der Waals surface area contributed by atoms with Crippen LogP contribution < -0.4 is 5.46 Å². The first-order valence-electron chi connectivity index (χ1n) is 5.43. The third-order valence-corrected chi connectivity index (χ3v) is 2.88. The Bertz CT molecular complexity index is 366. The Labute approximate surface area is 94.0 Å². The summed E-state index contributed by atoms with van der Waals surface area (Å²) in [6.07, 6.45) is 3.68. The molecule has 2 rings (SSSR count). The molecule has 0 amide bonds. The zero-order valence-corrected chi connectivity index (χ0v) is 8.90. The van der Waals surface area contributed by atoms with E-state index in [1.165, 1.54) is 18.6 Å².